The van der Waals surface area contributed by atoms with E-state index in [1.807, 2.05) is 25.1 Å². The summed E-state index contributed by atoms with van der Waals surface area (Å²) in [6, 6.07) is 5.44. The largest absolute Gasteiger partial charge is 0.271 e. The van der Waals surface area contributed by atoms with Crippen molar-refractivity contribution in [1.82, 2.24) is 19.1 Å². The Morgan fingerprint density at radius 1 is 1.36 bits per heavy atom. The van der Waals surface area contributed by atoms with E-state index in [9.17, 15) is 8.42 Å². The van der Waals surface area contributed by atoms with E-state index in [1.165, 1.54) is 0 Å². The summed E-state index contributed by atoms with van der Waals surface area (Å²) in [6.07, 6.45) is 4.98. The normalized spacial score (nSPS) is 19.6. The molecule has 1 atom stereocenters. The van der Waals surface area contributed by atoms with E-state index in [0.717, 1.165) is 18.5 Å². The van der Waals surface area contributed by atoms with E-state index < -0.39 is 10.0 Å². The van der Waals surface area contributed by atoms with Gasteiger partial charge in [-0.3, -0.25) is 9.67 Å². The van der Waals surface area contributed by atoms with Crippen LogP contribution in [0.4, 0.5) is 0 Å². The van der Waals surface area contributed by atoms with Crippen LogP contribution in [0.1, 0.15) is 37.2 Å². The third kappa shape index (κ3) is 2.55. The second-order valence-corrected chi connectivity index (χ2v) is 7.32. The van der Waals surface area contributed by atoms with Gasteiger partial charge >= 0.3 is 0 Å². The van der Waals surface area contributed by atoms with Crippen LogP contribution in [0.15, 0.2) is 35.5 Å². The number of hydrogen-bond donors (Lipinski definition) is 0. The van der Waals surface area contributed by atoms with Gasteiger partial charge in [0.25, 0.3) is 0 Å². The smallest absolute Gasteiger partial charge is 0.247 e. The van der Waals surface area contributed by atoms with Gasteiger partial charge in [0.05, 0.1) is 17.4 Å². The summed E-state index contributed by atoms with van der Waals surface area (Å²) in [5.41, 5.74) is 1.36. The predicted molar refractivity (Wildman–Crippen MR) is 82.7 cm³/mol. The Bertz CT molecular complexity index is 755. The first-order chi connectivity index (χ1) is 10.5. The zero-order valence-corrected chi connectivity index (χ0v) is 13.6. The lowest BCUT2D eigenvalue weighted by atomic mass is 10.1. The molecule has 7 heteroatoms. The molecule has 3 heterocycles. The zero-order chi connectivity index (χ0) is 15.7. The van der Waals surface area contributed by atoms with Crippen LogP contribution in [0.25, 0.3) is 0 Å². The van der Waals surface area contributed by atoms with Crippen molar-refractivity contribution in [3.63, 3.8) is 0 Å². The van der Waals surface area contributed by atoms with Crippen LogP contribution in [0.3, 0.4) is 0 Å². The lowest BCUT2D eigenvalue weighted by Gasteiger charge is -2.23. The van der Waals surface area contributed by atoms with Gasteiger partial charge in [0.1, 0.15) is 4.90 Å². The number of sulfonamides is 1. The Morgan fingerprint density at radius 2 is 2.18 bits per heavy atom. The van der Waals surface area contributed by atoms with Crippen molar-refractivity contribution in [3.8, 4) is 0 Å². The van der Waals surface area contributed by atoms with Gasteiger partial charge in [0.15, 0.2) is 0 Å². The maximum absolute atomic E-state index is 13.0. The topological polar surface area (TPSA) is 68.1 Å². The van der Waals surface area contributed by atoms with Crippen LogP contribution in [0.5, 0.6) is 0 Å². The molecule has 1 saturated heterocycles. The number of nitrogens with zero attached hydrogens (tertiary/aromatic N) is 4. The molecule has 1 aliphatic rings. The highest BCUT2D eigenvalue weighted by atomic mass is 32.2. The number of hydrogen-bond acceptors (Lipinski definition) is 4. The molecule has 0 saturated carbocycles. The van der Waals surface area contributed by atoms with Crippen molar-refractivity contribution in [3.05, 3.63) is 42.0 Å². The first-order valence-electron chi connectivity index (χ1n) is 7.51. The van der Waals surface area contributed by atoms with E-state index >= 15 is 0 Å². The van der Waals surface area contributed by atoms with Gasteiger partial charge in [-0.15, -0.1) is 0 Å². The number of rotatable bonds is 4. The molecule has 0 aromatic carbocycles. The molecule has 118 valence electrons. The van der Waals surface area contributed by atoms with Gasteiger partial charge in [-0.05, 0) is 38.8 Å². The maximum Gasteiger partial charge on any atom is 0.247 e. The molecule has 1 unspecified atom stereocenters. The number of pyridine rings is 1. The highest BCUT2D eigenvalue weighted by Gasteiger charge is 2.38. The molecule has 0 amide bonds. The Balaban J connectivity index is 1.99. The SMILES string of the molecule is CCn1cc(S(=O)(=O)N2CCCC2c2ccccn2)c(C)n1. The minimum atomic E-state index is -3.55. The van der Waals surface area contributed by atoms with Crippen molar-refractivity contribution < 1.29 is 8.42 Å². The first-order valence-corrected chi connectivity index (χ1v) is 8.95. The minimum absolute atomic E-state index is 0.185. The van der Waals surface area contributed by atoms with Crippen LogP contribution in [0, 0.1) is 6.92 Å². The van der Waals surface area contributed by atoms with E-state index in [-0.39, 0.29) is 6.04 Å². The van der Waals surface area contributed by atoms with Gasteiger partial charge in [0.2, 0.25) is 10.0 Å². The molecule has 2 aromatic heterocycles. The molecule has 1 aliphatic heterocycles. The fourth-order valence-electron chi connectivity index (χ4n) is 2.94. The maximum atomic E-state index is 13.0. The Hall–Kier alpha value is -1.73. The summed E-state index contributed by atoms with van der Waals surface area (Å²) >= 11 is 0. The molecule has 0 spiro atoms. The lowest BCUT2D eigenvalue weighted by molar-refractivity contribution is 0.390. The summed E-state index contributed by atoms with van der Waals surface area (Å²) in [7, 11) is -3.55. The van der Waals surface area contributed by atoms with E-state index in [0.29, 0.717) is 23.7 Å². The molecule has 22 heavy (non-hydrogen) atoms. The Morgan fingerprint density at radius 3 is 2.82 bits per heavy atom. The Labute approximate surface area is 130 Å². The summed E-state index contributed by atoms with van der Waals surface area (Å²) in [5.74, 6) is 0. The predicted octanol–water partition coefficient (Wildman–Crippen LogP) is 2.13. The molecular formula is C15H20N4O2S. The summed E-state index contributed by atoms with van der Waals surface area (Å²) in [5, 5.41) is 4.26. The third-order valence-corrected chi connectivity index (χ3v) is 6.06. The van der Waals surface area contributed by atoms with Crippen LogP contribution in [0.2, 0.25) is 0 Å². The van der Waals surface area contributed by atoms with Crippen molar-refractivity contribution >= 4 is 10.0 Å². The number of aryl methyl sites for hydroxylation is 2. The second kappa shape index (κ2) is 5.81. The molecule has 1 fully saturated rings. The summed E-state index contributed by atoms with van der Waals surface area (Å²) in [6.45, 7) is 4.86. The van der Waals surface area contributed by atoms with Gasteiger partial charge in [-0.25, -0.2) is 8.42 Å². The van der Waals surface area contributed by atoms with Crippen LogP contribution >= 0.6 is 0 Å². The highest BCUT2D eigenvalue weighted by Crippen LogP contribution is 2.36. The lowest BCUT2D eigenvalue weighted by Crippen LogP contribution is -2.31. The first kappa shape index (κ1) is 15.2. The molecule has 0 radical (unpaired) electrons. The zero-order valence-electron chi connectivity index (χ0n) is 12.8. The van der Waals surface area contributed by atoms with Gasteiger partial charge in [-0.2, -0.15) is 9.40 Å². The van der Waals surface area contributed by atoms with Crippen molar-refractivity contribution in [2.45, 2.75) is 44.2 Å². The van der Waals surface area contributed by atoms with Gasteiger partial charge < -0.3 is 0 Å². The average molecular weight is 320 g/mol. The summed E-state index contributed by atoms with van der Waals surface area (Å²) < 4.78 is 29.3. The highest BCUT2D eigenvalue weighted by molar-refractivity contribution is 7.89. The standard InChI is InChI=1S/C15H20N4O2S/c1-3-18-11-15(12(2)17-18)22(20,21)19-10-6-8-14(19)13-7-4-5-9-16-13/h4-5,7,9,11,14H,3,6,8,10H2,1-2H3. The molecule has 6 nitrogen and oxygen atoms in total. The van der Waals surface area contributed by atoms with Crippen molar-refractivity contribution in [2.24, 2.45) is 0 Å². The quantitative estimate of drug-likeness (QED) is 0.865. The molecule has 3 rings (SSSR count). The van der Waals surface area contributed by atoms with Crippen LogP contribution < -0.4 is 0 Å². The molecule has 0 N–H and O–H groups in total. The van der Waals surface area contributed by atoms with Crippen molar-refractivity contribution in [1.29, 1.82) is 0 Å². The monoisotopic (exact) mass is 320 g/mol. The van der Waals surface area contributed by atoms with Gasteiger partial charge in [-0.1, -0.05) is 6.07 Å². The van der Waals surface area contributed by atoms with Gasteiger partial charge in [0, 0.05) is 25.5 Å². The fraction of sp³-hybridized carbons (Fsp3) is 0.467. The minimum Gasteiger partial charge on any atom is -0.271 e. The average Bonchev–Trinajstić information content (AvgIpc) is 3.15. The fourth-order valence-corrected chi connectivity index (χ4v) is 4.78. The van der Waals surface area contributed by atoms with E-state index in [4.69, 9.17) is 0 Å². The molecule has 2 aromatic rings. The molecule has 0 bridgehead atoms. The molecule has 0 aliphatic carbocycles. The van der Waals surface area contributed by atoms with E-state index in [1.54, 1.807) is 28.3 Å². The van der Waals surface area contributed by atoms with Crippen molar-refractivity contribution in [2.75, 3.05) is 6.54 Å². The Kier molecular flexibility index (Phi) is 4.01. The third-order valence-electron chi connectivity index (χ3n) is 4.04. The van der Waals surface area contributed by atoms with E-state index in [2.05, 4.69) is 10.1 Å². The second-order valence-electron chi connectivity index (χ2n) is 5.46. The van der Waals surface area contributed by atoms with Crippen LogP contribution in [-0.4, -0.2) is 34.0 Å². The summed E-state index contributed by atoms with van der Waals surface area (Å²) in [4.78, 5) is 4.64. The molecular weight excluding hydrogens is 300 g/mol. The number of aromatic nitrogens is 3. The van der Waals surface area contributed by atoms with Crippen LogP contribution in [-0.2, 0) is 16.6 Å².